The van der Waals surface area contributed by atoms with Gasteiger partial charge in [0.2, 0.25) is 4.47 Å². The molecule has 0 radical (unpaired) electrons. The second kappa shape index (κ2) is 3.96. The van der Waals surface area contributed by atoms with Crippen LogP contribution in [0.3, 0.4) is 0 Å². The Labute approximate surface area is 99.2 Å². The molecule has 2 nitrogen and oxygen atoms in total. The number of aromatic nitrogens is 2. The van der Waals surface area contributed by atoms with Crippen LogP contribution in [-0.2, 0) is 0 Å². The zero-order chi connectivity index (χ0) is 10.1. The number of aryl methyl sites for hydroxylation is 1. The van der Waals surface area contributed by atoms with Gasteiger partial charge in [0.1, 0.15) is 0 Å². The van der Waals surface area contributed by atoms with Crippen LogP contribution in [0, 0.1) is 6.92 Å². The highest BCUT2D eigenvalue weighted by Gasteiger charge is 2.05. The van der Waals surface area contributed by atoms with Gasteiger partial charge < -0.3 is 0 Å². The van der Waals surface area contributed by atoms with Gasteiger partial charge in [-0.05, 0) is 41.7 Å². The van der Waals surface area contributed by atoms with E-state index in [9.17, 15) is 0 Å². The van der Waals surface area contributed by atoms with Crippen LogP contribution in [0.15, 0.2) is 22.7 Å². The van der Waals surface area contributed by atoms with E-state index < -0.39 is 0 Å². The first-order valence-electron chi connectivity index (χ1n) is 3.92. The van der Waals surface area contributed by atoms with Crippen LogP contribution in [0.2, 0.25) is 4.47 Å². The molecule has 2 rings (SSSR count). The molecule has 0 bridgehead atoms. The second-order valence-electron chi connectivity index (χ2n) is 2.83. The minimum Gasteiger partial charge on any atom is -0.203 e. The summed E-state index contributed by atoms with van der Waals surface area (Å²) in [5.74, 6) is 0.681. The van der Waals surface area contributed by atoms with Crippen LogP contribution in [0.1, 0.15) is 5.56 Å². The molecule has 0 atom stereocenters. The Morgan fingerprint density at radius 3 is 2.79 bits per heavy atom. The maximum Gasteiger partial charge on any atom is 0.203 e. The number of nitrogens with zero attached hydrogens (tertiary/aromatic N) is 2. The molecule has 1 aromatic heterocycles. The van der Waals surface area contributed by atoms with Crippen LogP contribution in [0.4, 0.5) is 0 Å². The summed E-state index contributed by atoms with van der Waals surface area (Å²) in [5, 5.41) is 0. The molecular weight excluding hydrogens is 284 g/mol. The Hall–Kier alpha value is -0.450. The summed E-state index contributed by atoms with van der Waals surface area (Å²) in [6.45, 7) is 2.04. The summed E-state index contributed by atoms with van der Waals surface area (Å²) in [5.41, 5.74) is 2.17. The maximum absolute atomic E-state index is 5.71. The zero-order valence-electron chi connectivity index (χ0n) is 7.29. The van der Waals surface area contributed by atoms with Crippen molar-refractivity contribution >= 4 is 39.1 Å². The predicted molar refractivity (Wildman–Crippen MR) is 62.8 cm³/mol. The van der Waals surface area contributed by atoms with Crippen molar-refractivity contribution in [1.29, 1.82) is 0 Å². The molecule has 0 aliphatic rings. The van der Waals surface area contributed by atoms with Crippen LogP contribution >= 0.6 is 39.1 Å². The van der Waals surface area contributed by atoms with Crippen LogP contribution in [-0.4, -0.2) is 9.36 Å². The Balaban J connectivity index is 2.47. The second-order valence-corrected chi connectivity index (χ2v) is 5.02. The summed E-state index contributed by atoms with van der Waals surface area (Å²) in [6.07, 6.45) is 0. The molecule has 0 amide bonds. The van der Waals surface area contributed by atoms with E-state index in [-0.39, 0.29) is 0 Å². The van der Waals surface area contributed by atoms with Gasteiger partial charge in [-0.2, -0.15) is 4.37 Å². The Morgan fingerprint density at radius 1 is 1.43 bits per heavy atom. The van der Waals surface area contributed by atoms with Gasteiger partial charge in [-0.3, -0.25) is 0 Å². The quantitative estimate of drug-likeness (QED) is 0.795. The molecule has 14 heavy (non-hydrogen) atoms. The molecular formula is C9H6BrClN2S. The molecule has 72 valence electrons. The number of halogens is 2. The molecule has 0 aliphatic carbocycles. The summed E-state index contributed by atoms with van der Waals surface area (Å²) < 4.78 is 5.66. The molecule has 0 spiro atoms. The van der Waals surface area contributed by atoms with E-state index in [0.29, 0.717) is 10.3 Å². The molecule has 2 aromatic rings. The molecule has 0 saturated heterocycles. The van der Waals surface area contributed by atoms with Crippen molar-refractivity contribution in [3.8, 4) is 11.4 Å². The van der Waals surface area contributed by atoms with Gasteiger partial charge in [-0.15, -0.1) is 0 Å². The van der Waals surface area contributed by atoms with E-state index in [1.54, 1.807) is 0 Å². The molecule has 0 aliphatic heterocycles. The number of benzene rings is 1. The van der Waals surface area contributed by atoms with E-state index in [1.165, 1.54) is 17.1 Å². The third kappa shape index (κ3) is 1.97. The first kappa shape index (κ1) is 10.1. The van der Waals surface area contributed by atoms with Crippen LogP contribution in [0.5, 0.6) is 0 Å². The van der Waals surface area contributed by atoms with Crippen molar-refractivity contribution < 1.29 is 0 Å². The van der Waals surface area contributed by atoms with E-state index in [0.717, 1.165) is 10.0 Å². The average Bonchev–Trinajstić information content (AvgIpc) is 2.57. The van der Waals surface area contributed by atoms with Crippen molar-refractivity contribution in [2.75, 3.05) is 0 Å². The minimum absolute atomic E-state index is 0.469. The van der Waals surface area contributed by atoms with Gasteiger partial charge in [0, 0.05) is 10.0 Å². The van der Waals surface area contributed by atoms with Crippen molar-refractivity contribution in [3.63, 3.8) is 0 Å². The lowest BCUT2D eigenvalue weighted by Crippen LogP contribution is -1.82. The minimum atomic E-state index is 0.469. The number of hydrogen-bond acceptors (Lipinski definition) is 3. The summed E-state index contributed by atoms with van der Waals surface area (Å²) in [6, 6.07) is 6.00. The lowest BCUT2D eigenvalue weighted by atomic mass is 10.1. The third-order valence-corrected chi connectivity index (χ3v) is 3.48. The number of rotatable bonds is 1. The van der Waals surface area contributed by atoms with E-state index in [1.807, 2.05) is 25.1 Å². The Bertz CT molecular complexity index is 470. The normalized spacial score (nSPS) is 10.5. The zero-order valence-corrected chi connectivity index (χ0v) is 10.4. The topological polar surface area (TPSA) is 25.8 Å². The van der Waals surface area contributed by atoms with Crippen LogP contribution < -0.4 is 0 Å². The molecule has 1 heterocycles. The summed E-state index contributed by atoms with van der Waals surface area (Å²) >= 11 is 10.4. The fourth-order valence-electron chi connectivity index (χ4n) is 1.05. The Morgan fingerprint density at radius 2 is 2.21 bits per heavy atom. The molecule has 0 unspecified atom stereocenters. The monoisotopic (exact) mass is 288 g/mol. The summed E-state index contributed by atoms with van der Waals surface area (Å²) in [7, 11) is 0. The van der Waals surface area contributed by atoms with Gasteiger partial charge in [-0.25, -0.2) is 4.98 Å². The van der Waals surface area contributed by atoms with E-state index in [4.69, 9.17) is 11.6 Å². The van der Waals surface area contributed by atoms with E-state index in [2.05, 4.69) is 25.3 Å². The fraction of sp³-hybridized carbons (Fsp3) is 0.111. The molecule has 0 N–H and O–H groups in total. The smallest absolute Gasteiger partial charge is 0.203 e. The van der Waals surface area contributed by atoms with Crippen molar-refractivity contribution in [3.05, 3.63) is 32.7 Å². The first-order valence-corrected chi connectivity index (χ1v) is 5.87. The highest BCUT2D eigenvalue weighted by Crippen LogP contribution is 2.25. The van der Waals surface area contributed by atoms with Crippen molar-refractivity contribution in [2.45, 2.75) is 6.92 Å². The van der Waals surface area contributed by atoms with Gasteiger partial charge >= 0.3 is 0 Å². The standard InChI is InChI=1S/C9H6BrClN2S/c1-5-2-3-6(4-7(5)10)8-12-9(11)14-13-8/h2-4H,1H3. The highest BCUT2D eigenvalue weighted by atomic mass is 79.9. The lowest BCUT2D eigenvalue weighted by molar-refractivity contribution is 1.31. The van der Waals surface area contributed by atoms with Crippen molar-refractivity contribution in [2.24, 2.45) is 0 Å². The maximum atomic E-state index is 5.71. The fourth-order valence-corrected chi connectivity index (χ4v) is 2.05. The average molecular weight is 290 g/mol. The number of hydrogen-bond donors (Lipinski definition) is 0. The lowest BCUT2D eigenvalue weighted by Gasteiger charge is -1.99. The van der Waals surface area contributed by atoms with Crippen LogP contribution in [0.25, 0.3) is 11.4 Å². The molecule has 0 saturated carbocycles. The summed E-state index contributed by atoms with van der Waals surface area (Å²) in [4.78, 5) is 4.10. The van der Waals surface area contributed by atoms with E-state index >= 15 is 0 Å². The largest absolute Gasteiger partial charge is 0.203 e. The first-order chi connectivity index (χ1) is 6.66. The SMILES string of the molecule is Cc1ccc(-c2nsc(Cl)n2)cc1Br. The van der Waals surface area contributed by atoms with Crippen molar-refractivity contribution in [1.82, 2.24) is 9.36 Å². The molecule has 5 heteroatoms. The van der Waals surface area contributed by atoms with Gasteiger partial charge in [-0.1, -0.05) is 28.1 Å². The van der Waals surface area contributed by atoms with Gasteiger partial charge in [0.15, 0.2) is 5.82 Å². The highest BCUT2D eigenvalue weighted by molar-refractivity contribution is 9.10. The van der Waals surface area contributed by atoms with Gasteiger partial charge in [0.05, 0.1) is 0 Å². The predicted octanol–water partition coefficient (Wildman–Crippen LogP) is 3.93. The molecule has 0 fully saturated rings. The van der Waals surface area contributed by atoms with Gasteiger partial charge in [0.25, 0.3) is 0 Å². The third-order valence-electron chi connectivity index (χ3n) is 1.83. The Kier molecular flexibility index (Phi) is 2.85. The molecule has 1 aromatic carbocycles.